The van der Waals surface area contributed by atoms with Crippen molar-refractivity contribution in [3.8, 4) is 5.69 Å². The van der Waals surface area contributed by atoms with Gasteiger partial charge < -0.3 is 4.90 Å². The molecule has 28 heavy (non-hydrogen) atoms. The van der Waals surface area contributed by atoms with Gasteiger partial charge in [-0.1, -0.05) is 11.3 Å². The first-order valence-corrected chi connectivity index (χ1v) is 8.90. The van der Waals surface area contributed by atoms with E-state index in [4.69, 9.17) is 0 Å². The van der Waals surface area contributed by atoms with Crippen LogP contribution in [0.25, 0.3) is 5.69 Å². The van der Waals surface area contributed by atoms with Gasteiger partial charge in [0.25, 0.3) is 5.91 Å². The maximum Gasteiger partial charge on any atom is 0.254 e. The molecule has 1 amide bonds. The van der Waals surface area contributed by atoms with Crippen LogP contribution in [0.2, 0.25) is 0 Å². The fourth-order valence-electron chi connectivity index (χ4n) is 3.21. The van der Waals surface area contributed by atoms with Crippen LogP contribution in [0.3, 0.4) is 0 Å². The van der Waals surface area contributed by atoms with Gasteiger partial charge in [-0.05, 0) is 24.3 Å². The second kappa shape index (κ2) is 6.72. The van der Waals surface area contributed by atoms with E-state index >= 15 is 0 Å². The number of hydrogen-bond acceptors (Lipinski definition) is 6. The van der Waals surface area contributed by atoms with Gasteiger partial charge in [-0.15, -0.1) is 5.10 Å². The van der Waals surface area contributed by atoms with Crippen molar-refractivity contribution in [2.24, 2.45) is 0 Å². The predicted octanol–water partition coefficient (Wildman–Crippen LogP) is 0.801. The van der Waals surface area contributed by atoms with Crippen molar-refractivity contribution < 1.29 is 4.79 Å². The van der Waals surface area contributed by atoms with Crippen LogP contribution in [0.1, 0.15) is 22.1 Å². The van der Waals surface area contributed by atoms with Crippen LogP contribution in [0, 0.1) is 0 Å². The largest absolute Gasteiger partial charge is 0.334 e. The molecular formula is C18H17N9O. The normalized spacial score (nSPS) is 14.2. The van der Waals surface area contributed by atoms with E-state index in [1.807, 2.05) is 52.3 Å². The van der Waals surface area contributed by atoms with Crippen molar-refractivity contribution >= 4 is 5.91 Å². The van der Waals surface area contributed by atoms with Crippen molar-refractivity contribution in [3.05, 3.63) is 72.6 Å². The summed E-state index contributed by atoms with van der Waals surface area (Å²) in [7, 11) is 0. The Bertz CT molecular complexity index is 1080. The van der Waals surface area contributed by atoms with Crippen molar-refractivity contribution in [1.29, 1.82) is 0 Å². The van der Waals surface area contributed by atoms with E-state index in [-0.39, 0.29) is 11.9 Å². The first-order chi connectivity index (χ1) is 13.8. The number of carbonyl (C=O) groups is 1. The third-order valence-electron chi connectivity index (χ3n) is 4.71. The van der Waals surface area contributed by atoms with Crippen molar-refractivity contribution in [3.63, 3.8) is 0 Å². The molecule has 4 heterocycles. The SMILES string of the molecule is O=C(c1cccc(-n2cccn2)c1)N1CC(n2cc(Cn3nccn3)nn2)C1. The highest BCUT2D eigenvalue weighted by atomic mass is 16.2. The maximum atomic E-state index is 12.8. The van der Waals surface area contributed by atoms with Gasteiger partial charge in [0.05, 0.1) is 30.3 Å². The molecule has 5 rings (SSSR count). The Hall–Kier alpha value is -3.82. The minimum absolute atomic E-state index is 0.00587. The third-order valence-corrected chi connectivity index (χ3v) is 4.71. The van der Waals surface area contributed by atoms with Gasteiger partial charge in [0.2, 0.25) is 0 Å². The third kappa shape index (κ3) is 3.04. The fourth-order valence-corrected chi connectivity index (χ4v) is 3.21. The van der Waals surface area contributed by atoms with E-state index in [2.05, 4.69) is 25.6 Å². The summed E-state index contributed by atoms with van der Waals surface area (Å²) in [4.78, 5) is 16.1. The standard InChI is InChI=1S/C18H17N9O/c28-18(14-3-1-4-16(9-14)25-8-2-5-19-25)24-12-17(13-24)26-10-15(22-23-26)11-27-20-6-7-21-27/h1-10,17H,11-13H2. The molecular weight excluding hydrogens is 358 g/mol. The summed E-state index contributed by atoms with van der Waals surface area (Å²) >= 11 is 0. The molecule has 4 aromatic rings. The summed E-state index contributed by atoms with van der Waals surface area (Å²) < 4.78 is 3.55. The molecule has 0 spiro atoms. The molecule has 1 aliphatic heterocycles. The Balaban J connectivity index is 1.23. The molecule has 0 N–H and O–H groups in total. The second-order valence-electron chi connectivity index (χ2n) is 6.61. The highest BCUT2D eigenvalue weighted by molar-refractivity contribution is 5.95. The minimum Gasteiger partial charge on any atom is -0.334 e. The molecule has 10 nitrogen and oxygen atoms in total. The summed E-state index contributed by atoms with van der Waals surface area (Å²) in [5.41, 5.74) is 2.30. The van der Waals surface area contributed by atoms with Crippen LogP contribution < -0.4 is 0 Å². The molecule has 0 radical (unpaired) electrons. The molecule has 3 aromatic heterocycles. The molecule has 0 atom stereocenters. The van der Waals surface area contributed by atoms with Crippen LogP contribution >= 0.6 is 0 Å². The van der Waals surface area contributed by atoms with E-state index in [1.165, 1.54) is 0 Å². The number of nitrogens with zero attached hydrogens (tertiary/aromatic N) is 9. The molecule has 10 heteroatoms. The quantitative estimate of drug-likeness (QED) is 0.512. The van der Waals surface area contributed by atoms with Gasteiger partial charge in [-0.2, -0.15) is 20.1 Å². The van der Waals surface area contributed by atoms with Gasteiger partial charge >= 0.3 is 0 Å². The number of benzene rings is 1. The maximum absolute atomic E-state index is 12.8. The first kappa shape index (κ1) is 16.4. The monoisotopic (exact) mass is 375 g/mol. The van der Waals surface area contributed by atoms with Crippen molar-refractivity contribution in [2.45, 2.75) is 12.6 Å². The molecule has 0 aliphatic carbocycles. The number of hydrogen-bond donors (Lipinski definition) is 0. The highest BCUT2D eigenvalue weighted by Crippen LogP contribution is 2.23. The zero-order chi connectivity index (χ0) is 18.9. The van der Waals surface area contributed by atoms with Crippen molar-refractivity contribution in [2.75, 3.05) is 13.1 Å². The van der Waals surface area contributed by atoms with Crippen molar-refractivity contribution in [1.82, 2.24) is 44.7 Å². The molecule has 1 fully saturated rings. The highest BCUT2D eigenvalue weighted by Gasteiger charge is 2.33. The average molecular weight is 375 g/mol. The van der Waals surface area contributed by atoms with Gasteiger partial charge in [0.15, 0.2) is 0 Å². The number of carbonyl (C=O) groups excluding carboxylic acids is 1. The number of amides is 1. The Kier molecular flexibility index (Phi) is 3.93. The smallest absolute Gasteiger partial charge is 0.254 e. The van der Waals surface area contributed by atoms with E-state index in [0.717, 1.165) is 11.4 Å². The lowest BCUT2D eigenvalue weighted by atomic mass is 10.1. The van der Waals surface area contributed by atoms with Crippen LogP contribution in [0.5, 0.6) is 0 Å². The Morgan fingerprint density at radius 1 is 1.07 bits per heavy atom. The van der Waals surface area contributed by atoms with Gasteiger partial charge in [0.1, 0.15) is 12.2 Å². The Labute approximate surface area is 160 Å². The lowest BCUT2D eigenvalue weighted by Gasteiger charge is -2.38. The molecule has 1 aliphatic rings. The summed E-state index contributed by atoms with van der Waals surface area (Å²) in [6, 6.07) is 9.46. The fraction of sp³-hybridized carbons (Fsp3) is 0.222. The summed E-state index contributed by atoms with van der Waals surface area (Å²) in [6.45, 7) is 1.68. The lowest BCUT2D eigenvalue weighted by Crippen LogP contribution is -2.50. The summed E-state index contributed by atoms with van der Waals surface area (Å²) in [5.74, 6) is 0.00587. The van der Waals surface area contributed by atoms with E-state index in [0.29, 0.717) is 25.2 Å². The van der Waals surface area contributed by atoms with Crippen LogP contribution in [0.15, 0.2) is 61.3 Å². The average Bonchev–Trinajstić information content (AvgIpc) is 3.44. The molecule has 1 saturated heterocycles. The van der Waals surface area contributed by atoms with Crippen LogP contribution in [-0.4, -0.2) is 63.7 Å². The lowest BCUT2D eigenvalue weighted by molar-refractivity contribution is 0.0498. The van der Waals surface area contributed by atoms with E-state index in [1.54, 1.807) is 28.1 Å². The van der Waals surface area contributed by atoms with E-state index in [9.17, 15) is 4.79 Å². The molecule has 0 bridgehead atoms. The second-order valence-corrected chi connectivity index (χ2v) is 6.61. The zero-order valence-corrected chi connectivity index (χ0v) is 14.9. The number of aromatic nitrogens is 8. The van der Waals surface area contributed by atoms with Crippen LogP contribution in [0.4, 0.5) is 0 Å². The first-order valence-electron chi connectivity index (χ1n) is 8.90. The van der Waals surface area contributed by atoms with Gasteiger partial charge in [-0.25, -0.2) is 9.36 Å². The predicted molar refractivity (Wildman–Crippen MR) is 97.7 cm³/mol. The number of likely N-dealkylation sites (tertiary alicyclic amines) is 1. The summed E-state index contributed by atoms with van der Waals surface area (Å²) in [6.07, 6.45) is 8.70. The number of rotatable bonds is 5. The molecule has 0 unspecified atom stereocenters. The van der Waals surface area contributed by atoms with Gasteiger partial charge in [0, 0.05) is 31.0 Å². The summed E-state index contributed by atoms with van der Waals surface area (Å²) in [5, 5.41) is 20.7. The topological polar surface area (TPSA) is 99.6 Å². The van der Waals surface area contributed by atoms with Crippen LogP contribution in [-0.2, 0) is 6.54 Å². The minimum atomic E-state index is 0.00587. The molecule has 140 valence electrons. The Morgan fingerprint density at radius 3 is 2.71 bits per heavy atom. The molecule has 1 aromatic carbocycles. The van der Waals surface area contributed by atoms with Gasteiger partial charge in [-0.3, -0.25) is 4.79 Å². The zero-order valence-electron chi connectivity index (χ0n) is 14.9. The Morgan fingerprint density at radius 2 is 1.93 bits per heavy atom. The molecule has 0 saturated carbocycles. The van der Waals surface area contributed by atoms with E-state index < -0.39 is 0 Å².